The molecule has 1 rings (SSSR count). The van der Waals surface area contributed by atoms with Gasteiger partial charge in [0.1, 0.15) is 0 Å². The number of carboxylic acids is 1. The second-order valence-electron chi connectivity index (χ2n) is 3.52. The van der Waals surface area contributed by atoms with Crippen molar-refractivity contribution in [2.45, 2.75) is 18.9 Å². The van der Waals surface area contributed by atoms with Crippen LogP contribution in [0.4, 0.5) is 0 Å². The van der Waals surface area contributed by atoms with Crippen molar-refractivity contribution in [3.8, 4) is 0 Å². The van der Waals surface area contributed by atoms with E-state index in [9.17, 15) is 13.2 Å². The Balaban J connectivity index is 2.49. The van der Waals surface area contributed by atoms with E-state index in [0.29, 0.717) is 13.1 Å². The molecule has 1 unspecified atom stereocenters. The van der Waals surface area contributed by atoms with Crippen LogP contribution in [0.15, 0.2) is 0 Å². The summed E-state index contributed by atoms with van der Waals surface area (Å²) in [6.45, 7) is 0.713. The molecule has 16 heavy (non-hydrogen) atoms. The molecule has 1 fully saturated rings. The number of aliphatic carboxylic acids is 1. The van der Waals surface area contributed by atoms with E-state index in [2.05, 4.69) is 9.46 Å². The van der Waals surface area contributed by atoms with E-state index < -0.39 is 22.3 Å². The highest BCUT2D eigenvalue weighted by molar-refractivity contribution is 7.87. The van der Waals surface area contributed by atoms with Gasteiger partial charge in [-0.05, 0) is 12.8 Å². The van der Waals surface area contributed by atoms with Crippen molar-refractivity contribution in [2.75, 3.05) is 26.7 Å². The zero-order chi connectivity index (χ0) is 12.2. The molecule has 7 nitrogen and oxygen atoms in total. The van der Waals surface area contributed by atoms with Gasteiger partial charge in [0.05, 0.1) is 0 Å². The Morgan fingerprint density at radius 3 is 2.50 bits per heavy atom. The number of hydrogen-bond acceptors (Lipinski definition) is 4. The molecule has 2 N–H and O–H groups in total. The molecular weight excluding hydrogens is 236 g/mol. The van der Waals surface area contributed by atoms with E-state index in [1.165, 1.54) is 11.4 Å². The number of hydrogen-bond donors (Lipinski definition) is 2. The first kappa shape index (κ1) is 13.4. The minimum Gasteiger partial charge on any atom is -0.479 e. The Morgan fingerprint density at radius 2 is 2.06 bits per heavy atom. The summed E-state index contributed by atoms with van der Waals surface area (Å²) < 4.78 is 31.4. The Kier molecular flexibility index (Phi) is 4.66. The first-order valence-corrected chi connectivity index (χ1v) is 6.41. The zero-order valence-electron chi connectivity index (χ0n) is 9.05. The lowest BCUT2D eigenvalue weighted by Gasteiger charge is -2.17. The van der Waals surface area contributed by atoms with E-state index in [1.807, 2.05) is 0 Å². The van der Waals surface area contributed by atoms with Crippen LogP contribution < -0.4 is 4.72 Å². The monoisotopic (exact) mass is 252 g/mol. The highest BCUT2D eigenvalue weighted by atomic mass is 32.2. The summed E-state index contributed by atoms with van der Waals surface area (Å²) in [4.78, 5) is 10.6. The second-order valence-corrected chi connectivity index (χ2v) is 5.28. The summed E-state index contributed by atoms with van der Waals surface area (Å²) in [7, 11) is -2.33. The molecule has 0 amide bonds. The van der Waals surface area contributed by atoms with Gasteiger partial charge < -0.3 is 9.84 Å². The first-order valence-electron chi connectivity index (χ1n) is 4.97. The molecule has 1 heterocycles. The fourth-order valence-electron chi connectivity index (χ4n) is 1.47. The molecule has 0 saturated carbocycles. The Bertz CT molecular complexity index is 336. The standard InChI is InChI=1S/C8H16N2O5S/c1-15-7(8(11)12)6-9-16(13,14)10-4-2-3-5-10/h7,9H,2-6H2,1H3,(H,11,12). The summed E-state index contributed by atoms with van der Waals surface area (Å²) in [5.74, 6) is -1.19. The molecule has 0 aromatic rings. The third kappa shape index (κ3) is 3.41. The minimum atomic E-state index is -3.56. The van der Waals surface area contributed by atoms with E-state index in [0.717, 1.165) is 12.8 Å². The van der Waals surface area contributed by atoms with Gasteiger partial charge >= 0.3 is 5.97 Å². The van der Waals surface area contributed by atoms with Gasteiger partial charge in [-0.2, -0.15) is 17.4 Å². The molecule has 1 atom stereocenters. The number of carboxylic acid groups (broad SMARTS) is 1. The number of carbonyl (C=O) groups is 1. The summed E-state index contributed by atoms with van der Waals surface area (Å²) in [6, 6.07) is 0. The van der Waals surface area contributed by atoms with Gasteiger partial charge in [0.2, 0.25) is 0 Å². The highest BCUT2D eigenvalue weighted by Crippen LogP contribution is 2.11. The van der Waals surface area contributed by atoms with Crippen LogP contribution in [0, 0.1) is 0 Å². The van der Waals surface area contributed by atoms with Crippen molar-refractivity contribution in [1.82, 2.24) is 9.03 Å². The Labute approximate surface area is 94.6 Å². The van der Waals surface area contributed by atoms with Crippen molar-refractivity contribution in [1.29, 1.82) is 0 Å². The molecular formula is C8H16N2O5S. The van der Waals surface area contributed by atoms with Crippen LogP contribution in [0.25, 0.3) is 0 Å². The van der Waals surface area contributed by atoms with Gasteiger partial charge in [-0.3, -0.25) is 0 Å². The van der Waals surface area contributed by atoms with Crippen LogP contribution >= 0.6 is 0 Å². The smallest absolute Gasteiger partial charge is 0.334 e. The second kappa shape index (κ2) is 5.58. The maximum absolute atomic E-state index is 11.6. The zero-order valence-corrected chi connectivity index (χ0v) is 9.87. The molecule has 1 aliphatic heterocycles. The first-order chi connectivity index (χ1) is 7.47. The van der Waals surface area contributed by atoms with Crippen molar-refractivity contribution in [2.24, 2.45) is 0 Å². The van der Waals surface area contributed by atoms with E-state index in [4.69, 9.17) is 5.11 Å². The number of rotatable bonds is 6. The van der Waals surface area contributed by atoms with E-state index in [1.54, 1.807) is 0 Å². The molecule has 0 bridgehead atoms. The molecule has 0 radical (unpaired) electrons. The summed E-state index contributed by atoms with van der Waals surface area (Å²) in [6.07, 6.45) is 0.526. The number of methoxy groups -OCH3 is 1. The van der Waals surface area contributed by atoms with Crippen molar-refractivity contribution < 1.29 is 23.1 Å². The maximum Gasteiger partial charge on any atom is 0.334 e. The molecule has 0 spiro atoms. The number of nitrogens with one attached hydrogen (secondary N) is 1. The predicted molar refractivity (Wildman–Crippen MR) is 56.2 cm³/mol. The molecule has 1 aliphatic rings. The summed E-state index contributed by atoms with van der Waals surface area (Å²) in [5, 5.41) is 8.66. The van der Waals surface area contributed by atoms with E-state index >= 15 is 0 Å². The average Bonchev–Trinajstić information content (AvgIpc) is 2.71. The fraction of sp³-hybridized carbons (Fsp3) is 0.875. The van der Waals surface area contributed by atoms with Crippen LogP contribution in [-0.2, 0) is 19.7 Å². The molecule has 94 valence electrons. The number of nitrogens with zero attached hydrogens (tertiary/aromatic N) is 1. The number of ether oxygens (including phenoxy) is 1. The van der Waals surface area contributed by atoms with E-state index in [-0.39, 0.29) is 6.54 Å². The maximum atomic E-state index is 11.6. The van der Waals surface area contributed by atoms with Gasteiger partial charge in [0.15, 0.2) is 6.10 Å². The van der Waals surface area contributed by atoms with Gasteiger partial charge in [-0.1, -0.05) is 0 Å². The third-order valence-electron chi connectivity index (χ3n) is 2.42. The minimum absolute atomic E-state index is 0.259. The van der Waals surface area contributed by atoms with Crippen LogP contribution in [0.5, 0.6) is 0 Å². The van der Waals surface area contributed by atoms with Crippen LogP contribution in [0.3, 0.4) is 0 Å². The molecule has 8 heteroatoms. The average molecular weight is 252 g/mol. The lowest BCUT2D eigenvalue weighted by atomic mass is 10.4. The van der Waals surface area contributed by atoms with Gasteiger partial charge in [0, 0.05) is 26.7 Å². The largest absolute Gasteiger partial charge is 0.479 e. The highest BCUT2D eigenvalue weighted by Gasteiger charge is 2.27. The lowest BCUT2D eigenvalue weighted by Crippen LogP contribution is -2.44. The fourth-order valence-corrected chi connectivity index (χ4v) is 2.76. The van der Waals surface area contributed by atoms with Crippen LogP contribution in [0.1, 0.15) is 12.8 Å². The summed E-state index contributed by atoms with van der Waals surface area (Å²) in [5.41, 5.74) is 0. The van der Waals surface area contributed by atoms with Crippen molar-refractivity contribution in [3.63, 3.8) is 0 Å². The van der Waals surface area contributed by atoms with Crippen LogP contribution in [-0.4, -0.2) is 56.6 Å². The molecule has 0 aliphatic carbocycles. The SMILES string of the molecule is COC(CNS(=O)(=O)N1CCCC1)C(=O)O. The topological polar surface area (TPSA) is 95.9 Å². The summed E-state index contributed by atoms with van der Waals surface area (Å²) >= 11 is 0. The van der Waals surface area contributed by atoms with Crippen LogP contribution in [0.2, 0.25) is 0 Å². The molecule has 1 saturated heterocycles. The predicted octanol–water partition coefficient (Wildman–Crippen LogP) is -0.984. The van der Waals surface area contributed by atoms with Crippen molar-refractivity contribution in [3.05, 3.63) is 0 Å². The quantitative estimate of drug-likeness (QED) is 0.633. The molecule has 0 aromatic heterocycles. The van der Waals surface area contributed by atoms with Crippen molar-refractivity contribution >= 4 is 16.2 Å². The normalized spacial score (nSPS) is 19.8. The van der Waals surface area contributed by atoms with Gasteiger partial charge in [-0.15, -0.1) is 0 Å². The Morgan fingerprint density at radius 1 is 1.50 bits per heavy atom. The Hall–Kier alpha value is -0.700. The lowest BCUT2D eigenvalue weighted by molar-refractivity contribution is -0.147. The third-order valence-corrected chi connectivity index (χ3v) is 3.99. The molecule has 0 aromatic carbocycles. The van der Waals surface area contributed by atoms with Gasteiger partial charge in [-0.25, -0.2) is 4.79 Å². The van der Waals surface area contributed by atoms with Gasteiger partial charge in [0.25, 0.3) is 10.2 Å².